The Morgan fingerprint density at radius 3 is 1.76 bits per heavy atom. The van der Waals surface area contributed by atoms with E-state index < -0.39 is 0 Å². The first kappa shape index (κ1) is 22.9. The molecule has 0 saturated heterocycles. The number of benzene rings is 1. The third-order valence-corrected chi connectivity index (χ3v) is 10.5. The highest BCUT2D eigenvalue weighted by Crippen LogP contribution is 2.72. The number of hydrogen-bond donors (Lipinski definition) is 1. The fourth-order valence-corrected chi connectivity index (χ4v) is 10.5. The van der Waals surface area contributed by atoms with Crippen molar-refractivity contribution in [2.75, 3.05) is 5.32 Å². The van der Waals surface area contributed by atoms with Gasteiger partial charge in [0.1, 0.15) is 0 Å². The van der Waals surface area contributed by atoms with Gasteiger partial charge in [0, 0.05) is 11.4 Å². The van der Waals surface area contributed by atoms with E-state index in [1.54, 1.807) is 5.70 Å². The van der Waals surface area contributed by atoms with E-state index in [2.05, 4.69) is 92.8 Å². The van der Waals surface area contributed by atoms with Gasteiger partial charge in [-0.1, -0.05) is 95.4 Å². The van der Waals surface area contributed by atoms with Crippen LogP contribution >= 0.6 is 7.92 Å². The highest BCUT2D eigenvalue weighted by Gasteiger charge is 2.48. The number of rotatable bonds is 5. The zero-order chi connectivity index (χ0) is 21.7. The number of hydrogen-bond acceptors (Lipinski definition) is 1. The van der Waals surface area contributed by atoms with Crippen molar-refractivity contribution in [3.8, 4) is 0 Å². The minimum absolute atomic E-state index is 0.227. The van der Waals surface area contributed by atoms with Crippen LogP contribution in [0.2, 0.25) is 0 Å². The fourth-order valence-electron chi connectivity index (χ4n) is 5.95. The Kier molecular flexibility index (Phi) is 6.33. The molecule has 2 bridgehead atoms. The largest absolute Gasteiger partial charge is 0.358 e. The summed E-state index contributed by atoms with van der Waals surface area (Å²) in [6.07, 6.45) is 4.15. The van der Waals surface area contributed by atoms with Gasteiger partial charge in [0.15, 0.2) is 0 Å². The maximum absolute atomic E-state index is 4.14. The fraction of sp³-hybridized carbons (Fsp3) is 0.704. The Labute approximate surface area is 181 Å². The smallest absolute Gasteiger partial charge is 0.0452 e. The normalized spacial score (nSPS) is 22.5. The van der Waals surface area contributed by atoms with E-state index in [1.807, 2.05) is 5.31 Å². The third kappa shape index (κ3) is 4.46. The van der Waals surface area contributed by atoms with Crippen molar-refractivity contribution >= 4 is 13.6 Å². The number of fused-ring (bicyclic) bond motifs is 2. The maximum atomic E-state index is 4.14. The van der Waals surface area contributed by atoms with Gasteiger partial charge in [-0.25, -0.2) is 0 Å². The molecule has 0 heterocycles. The SMILES string of the molecule is CC(C)c1cccc(C(C)C)c1NC1=C(P(C(C)(C)C)C(C)(C)C)[C@H]2CC[C@@H]1C2. The Bertz CT molecular complexity index is 732. The predicted molar refractivity (Wildman–Crippen MR) is 133 cm³/mol. The van der Waals surface area contributed by atoms with E-state index in [9.17, 15) is 0 Å². The van der Waals surface area contributed by atoms with Crippen molar-refractivity contribution in [2.24, 2.45) is 11.8 Å². The molecule has 2 aliphatic carbocycles. The molecule has 0 radical (unpaired) electrons. The van der Waals surface area contributed by atoms with Crippen LogP contribution in [0.25, 0.3) is 0 Å². The maximum Gasteiger partial charge on any atom is 0.0452 e. The van der Waals surface area contributed by atoms with E-state index in [-0.39, 0.29) is 7.92 Å². The second kappa shape index (κ2) is 8.03. The topological polar surface area (TPSA) is 12.0 Å². The molecule has 2 aliphatic rings. The van der Waals surface area contributed by atoms with E-state index in [0.717, 1.165) is 11.8 Å². The number of nitrogens with one attached hydrogen (secondary N) is 1. The zero-order valence-corrected chi connectivity index (χ0v) is 21.5. The van der Waals surface area contributed by atoms with Crippen molar-refractivity contribution in [3.05, 3.63) is 40.3 Å². The van der Waals surface area contributed by atoms with E-state index >= 15 is 0 Å². The van der Waals surface area contributed by atoms with Crippen LogP contribution in [0.1, 0.15) is 111 Å². The van der Waals surface area contributed by atoms with Gasteiger partial charge < -0.3 is 5.32 Å². The zero-order valence-electron chi connectivity index (χ0n) is 20.6. The molecule has 1 saturated carbocycles. The summed E-state index contributed by atoms with van der Waals surface area (Å²) >= 11 is 0. The highest BCUT2D eigenvalue weighted by atomic mass is 31.1. The standard InChI is InChI=1S/C27H44NP/c1-17(2)21-12-11-13-22(18(3)4)24(21)28-23-19-14-15-20(16-19)25(23)29(26(5,6)7)27(8,9)10/h11-13,17-20,28H,14-16H2,1-10H3/t19-,20+/m1/s1. The Morgan fingerprint density at radius 1 is 0.828 bits per heavy atom. The van der Waals surface area contributed by atoms with Gasteiger partial charge in [-0.2, -0.15) is 0 Å². The second-order valence-corrected chi connectivity index (χ2v) is 15.8. The van der Waals surface area contributed by atoms with Crippen LogP contribution in [-0.4, -0.2) is 10.3 Å². The van der Waals surface area contributed by atoms with Crippen LogP contribution < -0.4 is 5.32 Å². The molecule has 0 amide bonds. The lowest BCUT2D eigenvalue weighted by Crippen LogP contribution is -2.28. The summed E-state index contributed by atoms with van der Waals surface area (Å²) in [6.45, 7) is 24.2. The van der Waals surface area contributed by atoms with Crippen LogP contribution in [0, 0.1) is 11.8 Å². The van der Waals surface area contributed by atoms with Crippen LogP contribution in [0.3, 0.4) is 0 Å². The summed E-state index contributed by atoms with van der Waals surface area (Å²) in [4.78, 5) is 0. The first-order chi connectivity index (χ1) is 13.3. The molecule has 1 aromatic rings. The first-order valence-corrected chi connectivity index (χ1v) is 13.1. The molecule has 3 rings (SSSR count). The summed E-state index contributed by atoms with van der Waals surface area (Å²) in [6, 6.07) is 6.93. The van der Waals surface area contributed by atoms with Crippen LogP contribution in [-0.2, 0) is 0 Å². The molecule has 1 nitrogen and oxygen atoms in total. The van der Waals surface area contributed by atoms with Crippen LogP contribution in [0.15, 0.2) is 29.2 Å². The third-order valence-electron chi connectivity index (χ3n) is 6.72. The summed E-state index contributed by atoms with van der Waals surface area (Å²) in [5.41, 5.74) is 5.98. The molecule has 0 aliphatic heterocycles. The predicted octanol–water partition coefficient (Wildman–Crippen LogP) is 9.07. The Balaban J connectivity index is 2.17. The average molecular weight is 414 g/mol. The molecule has 0 spiro atoms. The number of para-hydroxylation sites is 1. The molecular formula is C27H44NP. The average Bonchev–Trinajstić information content (AvgIpc) is 3.15. The molecule has 1 N–H and O–H groups in total. The van der Waals surface area contributed by atoms with Crippen molar-refractivity contribution in [3.63, 3.8) is 0 Å². The first-order valence-electron chi connectivity index (χ1n) is 11.8. The van der Waals surface area contributed by atoms with E-state index in [1.165, 1.54) is 36.1 Å². The molecule has 162 valence electrons. The van der Waals surface area contributed by atoms with Crippen molar-refractivity contribution in [1.29, 1.82) is 0 Å². The Morgan fingerprint density at radius 2 is 1.31 bits per heavy atom. The second-order valence-electron chi connectivity index (χ2n) is 11.9. The summed E-state index contributed by atoms with van der Waals surface area (Å²) in [5, 5.41) is 6.63. The summed E-state index contributed by atoms with van der Waals surface area (Å²) in [5.74, 6) is 2.61. The molecule has 1 fully saturated rings. The summed E-state index contributed by atoms with van der Waals surface area (Å²) < 4.78 is 0. The summed E-state index contributed by atoms with van der Waals surface area (Å²) in [7, 11) is -0.227. The molecular weight excluding hydrogens is 369 g/mol. The van der Waals surface area contributed by atoms with Crippen LogP contribution in [0.5, 0.6) is 0 Å². The molecule has 0 aromatic heterocycles. The van der Waals surface area contributed by atoms with Gasteiger partial charge in [-0.15, -0.1) is 0 Å². The quantitative estimate of drug-likeness (QED) is 0.475. The highest BCUT2D eigenvalue weighted by molar-refractivity contribution is 7.65. The minimum atomic E-state index is -0.227. The van der Waals surface area contributed by atoms with Gasteiger partial charge in [0.25, 0.3) is 0 Å². The van der Waals surface area contributed by atoms with Crippen molar-refractivity contribution in [1.82, 2.24) is 0 Å². The lowest BCUT2D eigenvalue weighted by molar-refractivity contribution is 0.651. The molecule has 2 heteroatoms. The molecule has 29 heavy (non-hydrogen) atoms. The lowest BCUT2D eigenvalue weighted by atomic mass is 9.92. The van der Waals surface area contributed by atoms with E-state index in [4.69, 9.17) is 0 Å². The molecule has 2 atom stereocenters. The minimum Gasteiger partial charge on any atom is -0.358 e. The van der Waals surface area contributed by atoms with Gasteiger partial charge in [0.05, 0.1) is 0 Å². The van der Waals surface area contributed by atoms with Gasteiger partial charge in [-0.3, -0.25) is 0 Å². The van der Waals surface area contributed by atoms with Gasteiger partial charge in [0.2, 0.25) is 0 Å². The van der Waals surface area contributed by atoms with Gasteiger partial charge in [-0.05, 0) is 69.7 Å². The Hall–Kier alpha value is -0.810. The lowest BCUT2D eigenvalue weighted by Gasteiger charge is -2.45. The van der Waals surface area contributed by atoms with E-state index in [0.29, 0.717) is 22.1 Å². The monoisotopic (exact) mass is 413 g/mol. The molecule has 0 unspecified atom stereocenters. The molecule has 1 aromatic carbocycles. The number of allylic oxidation sites excluding steroid dienone is 2. The van der Waals surface area contributed by atoms with Crippen molar-refractivity contribution in [2.45, 2.75) is 111 Å². The van der Waals surface area contributed by atoms with Crippen molar-refractivity contribution < 1.29 is 0 Å². The number of anilines is 1. The van der Waals surface area contributed by atoms with Crippen LogP contribution in [0.4, 0.5) is 5.69 Å². The van der Waals surface area contributed by atoms with Gasteiger partial charge >= 0.3 is 0 Å².